The van der Waals surface area contributed by atoms with Crippen LogP contribution < -0.4 is 5.32 Å². The van der Waals surface area contributed by atoms with E-state index in [1.807, 2.05) is 4.90 Å². The third-order valence-corrected chi connectivity index (χ3v) is 3.76. The van der Waals surface area contributed by atoms with Gasteiger partial charge in [0.25, 0.3) is 0 Å². The number of hydrogen-bond donors (Lipinski definition) is 1. The highest BCUT2D eigenvalue weighted by Gasteiger charge is 2.38. The molecular weight excluding hydrogens is 232 g/mol. The first-order chi connectivity index (χ1) is 8.61. The van der Waals surface area contributed by atoms with Gasteiger partial charge in [0.1, 0.15) is 0 Å². The summed E-state index contributed by atoms with van der Waals surface area (Å²) >= 11 is 0. The molecule has 0 aromatic carbocycles. The lowest BCUT2D eigenvalue weighted by Crippen LogP contribution is -2.62. The van der Waals surface area contributed by atoms with Crippen molar-refractivity contribution in [3.05, 3.63) is 0 Å². The van der Waals surface area contributed by atoms with Gasteiger partial charge in [-0.25, -0.2) is 0 Å². The Kier molecular flexibility index (Phi) is 4.22. The number of rotatable bonds is 3. The van der Waals surface area contributed by atoms with Gasteiger partial charge in [0.05, 0.1) is 18.1 Å². The summed E-state index contributed by atoms with van der Waals surface area (Å²) in [5, 5.41) is 2.83. The summed E-state index contributed by atoms with van der Waals surface area (Å²) in [5.74, 6) is 0.185. The summed E-state index contributed by atoms with van der Waals surface area (Å²) in [4.78, 5) is 25.0. The number of hydrogen-bond acceptors (Lipinski definition) is 3. The van der Waals surface area contributed by atoms with Gasteiger partial charge >= 0.3 is 0 Å². The van der Waals surface area contributed by atoms with Crippen molar-refractivity contribution in [1.29, 1.82) is 0 Å². The van der Waals surface area contributed by atoms with Crippen LogP contribution in [0.15, 0.2) is 0 Å². The number of nitrogens with zero attached hydrogens (tertiary/aromatic N) is 1. The highest BCUT2D eigenvalue weighted by molar-refractivity contribution is 5.81. The molecule has 2 rings (SSSR count). The third-order valence-electron chi connectivity index (χ3n) is 3.76. The molecule has 0 aromatic heterocycles. The highest BCUT2D eigenvalue weighted by atomic mass is 16.5. The highest BCUT2D eigenvalue weighted by Crippen LogP contribution is 2.26. The van der Waals surface area contributed by atoms with Crippen LogP contribution in [-0.4, -0.2) is 48.6 Å². The zero-order valence-corrected chi connectivity index (χ0v) is 11.1. The molecule has 2 aliphatic rings. The normalized spacial score (nSPS) is 28.7. The molecule has 5 nitrogen and oxygen atoms in total. The zero-order chi connectivity index (χ0) is 13.1. The molecular formula is C13H22N2O3. The molecule has 0 aliphatic carbocycles. The van der Waals surface area contributed by atoms with Gasteiger partial charge in [0, 0.05) is 26.6 Å². The maximum atomic E-state index is 12.3. The Hall–Kier alpha value is -1.10. The van der Waals surface area contributed by atoms with Crippen molar-refractivity contribution < 1.29 is 14.3 Å². The van der Waals surface area contributed by atoms with Gasteiger partial charge in [0.2, 0.25) is 11.8 Å². The van der Waals surface area contributed by atoms with E-state index in [0.717, 1.165) is 25.9 Å². The van der Waals surface area contributed by atoms with E-state index in [1.54, 1.807) is 0 Å². The molecule has 0 bridgehead atoms. The van der Waals surface area contributed by atoms with Crippen LogP contribution >= 0.6 is 0 Å². The number of nitrogens with one attached hydrogen (secondary N) is 1. The maximum absolute atomic E-state index is 12.3. The Bertz CT molecular complexity index is 326. The Balaban J connectivity index is 1.83. The molecule has 5 heteroatoms. The second kappa shape index (κ2) is 5.69. The number of likely N-dealkylation sites (tertiary alicyclic amines) is 1. The molecule has 1 N–H and O–H groups in total. The van der Waals surface area contributed by atoms with Crippen LogP contribution in [0.5, 0.6) is 0 Å². The Labute approximate surface area is 108 Å². The first-order valence-corrected chi connectivity index (χ1v) is 6.79. The number of carbonyl (C=O) groups excluding carboxylic acids is 2. The Morgan fingerprint density at radius 3 is 2.72 bits per heavy atom. The first-order valence-electron chi connectivity index (χ1n) is 6.79. The first kappa shape index (κ1) is 13.3. The topological polar surface area (TPSA) is 58.6 Å². The molecule has 2 aliphatic heterocycles. The van der Waals surface area contributed by atoms with E-state index in [1.165, 1.54) is 6.92 Å². The van der Waals surface area contributed by atoms with Gasteiger partial charge in [-0.05, 0) is 19.3 Å². The van der Waals surface area contributed by atoms with Crippen LogP contribution in [0.1, 0.15) is 33.1 Å². The van der Waals surface area contributed by atoms with Crippen LogP contribution in [0.3, 0.4) is 0 Å². The monoisotopic (exact) mass is 254 g/mol. The lowest BCUT2D eigenvalue weighted by molar-refractivity contribution is -0.151. The summed E-state index contributed by atoms with van der Waals surface area (Å²) in [6, 6.07) is 0.135. The van der Waals surface area contributed by atoms with E-state index in [0.29, 0.717) is 13.1 Å². The molecule has 0 saturated carbocycles. The molecule has 102 valence electrons. The van der Waals surface area contributed by atoms with Crippen LogP contribution in [0.25, 0.3) is 0 Å². The van der Waals surface area contributed by atoms with Gasteiger partial charge in [-0.2, -0.15) is 0 Å². The quantitative estimate of drug-likeness (QED) is 0.799. The average Bonchev–Trinajstić information content (AvgIpc) is 2.32. The van der Waals surface area contributed by atoms with E-state index >= 15 is 0 Å². The van der Waals surface area contributed by atoms with Crippen molar-refractivity contribution >= 4 is 11.8 Å². The van der Waals surface area contributed by atoms with Gasteiger partial charge in [-0.15, -0.1) is 0 Å². The van der Waals surface area contributed by atoms with Crippen molar-refractivity contribution in [2.24, 2.45) is 5.92 Å². The fourth-order valence-electron chi connectivity index (χ4n) is 2.80. The largest absolute Gasteiger partial charge is 0.377 e. The molecule has 0 radical (unpaired) electrons. The van der Waals surface area contributed by atoms with E-state index in [9.17, 15) is 9.59 Å². The molecule has 0 aromatic rings. The van der Waals surface area contributed by atoms with Gasteiger partial charge < -0.3 is 15.0 Å². The van der Waals surface area contributed by atoms with Crippen molar-refractivity contribution in [2.45, 2.75) is 45.3 Å². The van der Waals surface area contributed by atoms with E-state index < -0.39 is 0 Å². The third kappa shape index (κ3) is 2.83. The van der Waals surface area contributed by atoms with Crippen LogP contribution in [-0.2, 0) is 14.3 Å². The number of ether oxygens (including phenoxy) is 1. The molecule has 2 heterocycles. The van der Waals surface area contributed by atoms with Crippen molar-refractivity contribution in [1.82, 2.24) is 10.2 Å². The lowest BCUT2D eigenvalue weighted by Gasteiger charge is -2.43. The second-order valence-corrected chi connectivity index (χ2v) is 5.21. The summed E-state index contributed by atoms with van der Waals surface area (Å²) in [6.07, 6.45) is 2.86. The van der Waals surface area contributed by atoms with Gasteiger partial charge in [0.15, 0.2) is 0 Å². The van der Waals surface area contributed by atoms with E-state index in [2.05, 4.69) is 12.2 Å². The Morgan fingerprint density at radius 2 is 2.11 bits per heavy atom. The molecule has 2 atom stereocenters. The van der Waals surface area contributed by atoms with Crippen LogP contribution in [0.4, 0.5) is 0 Å². The second-order valence-electron chi connectivity index (χ2n) is 5.21. The van der Waals surface area contributed by atoms with Crippen LogP contribution in [0.2, 0.25) is 0 Å². The molecule has 18 heavy (non-hydrogen) atoms. The minimum absolute atomic E-state index is 0.0158. The predicted molar refractivity (Wildman–Crippen MR) is 66.9 cm³/mol. The van der Waals surface area contributed by atoms with Crippen molar-refractivity contribution in [3.63, 3.8) is 0 Å². The minimum atomic E-state index is -0.0282. The van der Waals surface area contributed by atoms with Crippen molar-refractivity contribution in [2.75, 3.05) is 19.7 Å². The van der Waals surface area contributed by atoms with E-state index in [-0.39, 0.29) is 29.9 Å². The smallest absolute Gasteiger partial charge is 0.228 e. The standard InChI is InChI=1S/C13H22N2O3/c1-3-12-11(5-4-6-18-12)13(17)15-7-10(8-15)14-9(2)16/h10-12H,3-8H2,1-2H3,(H,14,16). The van der Waals surface area contributed by atoms with Gasteiger partial charge in [-0.1, -0.05) is 6.92 Å². The van der Waals surface area contributed by atoms with Gasteiger partial charge in [-0.3, -0.25) is 9.59 Å². The molecule has 0 spiro atoms. The summed E-state index contributed by atoms with van der Waals surface area (Å²) in [5.41, 5.74) is 0. The number of amides is 2. The maximum Gasteiger partial charge on any atom is 0.228 e. The molecule has 2 fully saturated rings. The average molecular weight is 254 g/mol. The molecule has 2 saturated heterocycles. The summed E-state index contributed by atoms with van der Waals surface area (Å²) < 4.78 is 5.65. The van der Waals surface area contributed by atoms with Crippen LogP contribution in [0, 0.1) is 5.92 Å². The fraction of sp³-hybridized carbons (Fsp3) is 0.846. The fourth-order valence-corrected chi connectivity index (χ4v) is 2.80. The summed E-state index contributed by atoms with van der Waals surface area (Å²) in [6.45, 7) is 5.63. The lowest BCUT2D eigenvalue weighted by atomic mass is 9.90. The van der Waals surface area contributed by atoms with Crippen molar-refractivity contribution in [3.8, 4) is 0 Å². The zero-order valence-electron chi connectivity index (χ0n) is 11.1. The predicted octanol–water partition coefficient (Wildman–Crippen LogP) is 0.539. The molecule has 2 unspecified atom stereocenters. The van der Waals surface area contributed by atoms with E-state index in [4.69, 9.17) is 4.74 Å². The summed E-state index contributed by atoms with van der Waals surface area (Å²) in [7, 11) is 0. The molecule has 2 amide bonds. The number of carbonyl (C=O) groups is 2. The SMILES string of the molecule is CCC1OCCCC1C(=O)N1CC(NC(C)=O)C1. The Morgan fingerprint density at radius 1 is 1.39 bits per heavy atom. The minimum Gasteiger partial charge on any atom is -0.377 e.